The third kappa shape index (κ3) is 6.03. The number of benzene rings is 3. The smallest absolute Gasteiger partial charge is 0.400 e. The molecule has 2 aliphatic rings. The highest BCUT2D eigenvalue weighted by Crippen LogP contribution is 2.45. The Morgan fingerprint density at radius 3 is 2.03 bits per heavy atom. The average Bonchev–Trinajstić information content (AvgIpc) is 2.90. The zero-order valence-electron chi connectivity index (χ0n) is 21.5. The van der Waals surface area contributed by atoms with Crippen LogP contribution in [0, 0.1) is 23.5 Å². The number of ether oxygens (including phenoxy) is 1. The first-order valence-corrected chi connectivity index (χ1v) is 14.0. The largest absolute Gasteiger partial charge is 0.432 e. The van der Waals surface area contributed by atoms with Gasteiger partial charge < -0.3 is 4.74 Å². The average molecular weight is 545 g/mol. The van der Waals surface area contributed by atoms with E-state index in [1.807, 2.05) is 12.1 Å². The van der Waals surface area contributed by atoms with Crippen molar-refractivity contribution >= 4 is 11.6 Å². The highest BCUT2D eigenvalue weighted by molar-refractivity contribution is 6.30. The van der Waals surface area contributed by atoms with Crippen LogP contribution >= 0.6 is 11.6 Å². The first-order chi connectivity index (χ1) is 18.2. The Kier molecular flexibility index (Phi) is 8.04. The monoisotopic (exact) mass is 544 g/mol. The van der Waals surface area contributed by atoms with Crippen molar-refractivity contribution < 1.29 is 22.3 Å². The summed E-state index contributed by atoms with van der Waals surface area (Å²) in [4.78, 5) is 0. The van der Waals surface area contributed by atoms with Gasteiger partial charge in [0.25, 0.3) is 0 Å². The number of hydrogen-bond acceptors (Lipinski definition) is 1. The molecule has 202 valence electrons. The Morgan fingerprint density at radius 1 is 0.737 bits per heavy atom. The van der Waals surface area contributed by atoms with Crippen LogP contribution in [0.25, 0.3) is 11.1 Å². The third-order valence-corrected chi connectivity index (χ3v) is 8.76. The van der Waals surface area contributed by atoms with Gasteiger partial charge >= 0.3 is 6.11 Å². The van der Waals surface area contributed by atoms with Crippen LogP contribution in [0.3, 0.4) is 0 Å². The summed E-state index contributed by atoms with van der Waals surface area (Å²) in [6.45, 7) is 2.27. The van der Waals surface area contributed by atoms with Gasteiger partial charge in [-0.05, 0) is 103 Å². The Morgan fingerprint density at radius 2 is 1.39 bits per heavy atom. The van der Waals surface area contributed by atoms with E-state index in [1.54, 1.807) is 30.3 Å². The normalized spacial score (nSPS) is 24.3. The Hall–Kier alpha value is -2.53. The summed E-state index contributed by atoms with van der Waals surface area (Å²) in [7, 11) is 0. The number of hydrogen-bond donors (Lipinski definition) is 0. The topological polar surface area (TPSA) is 9.23 Å². The molecular weight excluding hydrogens is 512 g/mol. The zero-order valence-corrected chi connectivity index (χ0v) is 22.3. The van der Waals surface area contributed by atoms with Gasteiger partial charge in [0.2, 0.25) is 0 Å². The molecule has 3 aromatic rings. The minimum absolute atomic E-state index is 0.0846. The van der Waals surface area contributed by atoms with Crippen LogP contribution in [-0.4, -0.2) is 6.11 Å². The van der Waals surface area contributed by atoms with Crippen molar-refractivity contribution in [3.63, 3.8) is 0 Å². The van der Waals surface area contributed by atoms with Crippen molar-refractivity contribution in [3.8, 4) is 16.9 Å². The van der Waals surface area contributed by atoms with E-state index in [0.717, 1.165) is 30.4 Å². The van der Waals surface area contributed by atoms with Crippen molar-refractivity contribution in [3.05, 3.63) is 88.4 Å². The lowest BCUT2D eigenvalue weighted by atomic mass is 9.76. The van der Waals surface area contributed by atoms with Crippen molar-refractivity contribution in [1.82, 2.24) is 0 Å². The highest BCUT2D eigenvalue weighted by atomic mass is 35.5. The van der Waals surface area contributed by atoms with Gasteiger partial charge in [-0.25, -0.2) is 8.78 Å². The van der Waals surface area contributed by atoms with Gasteiger partial charge in [0, 0.05) is 16.7 Å². The summed E-state index contributed by atoms with van der Waals surface area (Å²) in [5, 5.41) is 0.525. The van der Waals surface area contributed by atoms with E-state index < -0.39 is 17.8 Å². The first-order valence-electron chi connectivity index (χ1n) is 13.6. The van der Waals surface area contributed by atoms with E-state index in [0.29, 0.717) is 34.9 Å². The Bertz CT molecular complexity index is 1240. The van der Waals surface area contributed by atoms with Gasteiger partial charge in [0.05, 0.1) is 5.92 Å². The third-order valence-electron chi connectivity index (χ3n) is 8.50. The molecule has 0 aliphatic heterocycles. The number of alkyl halides is 2. The van der Waals surface area contributed by atoms with Crippen LogP contribution in [0.2, 0.25) is 5.02 Å². The molecule has 0 heterocycles. The summed E-state index contributed by atoms with van der Waals surface area (Å²) in [5.41, 5.74) is 2.56. The van der Waals surface area contributed by atoms with Crippen LogP contribution in [0.15, 0.2) is 60.7 Å². The molecule has 2 saturated carbocycles. The van der Waals surface area contributed by atoms with Crippen LogP contribution in [0.4, 0.5) is 17.6 Å². The highest BCUT2D eigenvalue weighted by Gasteiger charge is 2.44. The van der Waals surface area contributed by atoms with E-state index in [1.165, 1.54) is 25.0 Å². The fraction of sp³-hybridized carbons (Fsp3) is 0.438. The fourth-order valence-electron chi connectivity index (χ4n) is 6.13. The predicted octanol–water partition coefficient (Wildman–Crippen LogP) is 10.5. The molecule has 0 spiro atoms. The molecule has 5 rings (SSSR count). The van der Waals surface area contributed by atoms with Crippen molar-refractivity contribution in [2.45, 2.75) is 76.2 Å². The number of halogens is 5. The summed E-state index contributed by atoms with van der Waals surface area (Å²) < 4.78 is 64.9. The molecule has 0 N–H and O–H groups in total. The van der Waals surface area contributed by atoms with Crippen LogP contribution in [0.1, 0.15) is 81.3 Å². The van der Waals surface area contributed by atoms with E-state index >= 15 is 13.2 Å². The van der Waals surface area contributed by atoms with Gasteiger partial charge in [-0.15, -0.1) is 0 Å². The molecule has 6 heteroatoms. The van der Waals surface area contributed by atoms with Crippen LogP contribution in [0.5, 0.6) is 5.75 Å². The van der Waals surface area contributed by atoms with Crippen LogP contribution in [-0.2, 0) is 0 Å². The summed E-state index contributed by atoms with van der Waals surface area (Å²) in [6.07, 6.45) is 2.44. The Labute approximate surface area is 227 Å². The van der Waals surface area contributed by atoms with Gasteiger partial charge in [0.15, 0.2) is 0 Å². The molecule has 38 heavy (non-hydrogen) atoms. The molecule has 0 saturated heterocycles. The molecule has 2 aliphatic carbocycles. The molecule has 0 bridgehead atoms. The summed E-state index contributed by atoms with van der Waals surface area (Å²) in [6, 6.07) is 16.0. The molecule has 3 aromatic carbocycles. The van der Waals surface area contributed by atoms with Crippen molar-refractivity contribution in [1.29, 1.82) is 0 Å². The molecule has 0 radical (unpaired) electrons. The van der Waals surface area contributed by atoms with Crippen molar-refractivity contribution in [2.24, 2.45) is 11.8 Å². The fourth-order valence-corrected chi connectivity index (χ4v) is 6.25. The molecule has 0 unspecified atom stereocenters. The summed E-state index contributed by atoms with van der Waals surface area (Å²) >= 11 is 5.89. The lowest BCUT2D eigenvalue weighted by molar-refractivity contribution is -0.222. The number of rotatable bonds is 6. The maximum absolute atomic E-state index is 15.1. The SMILES string of the molecule is CC1CCC(c2ccc(C3CCC(C(F)(F)Oc4ccc(-c5ccc(Cl)cc5)c(F)c4)CC3)c(F)c2)CC1. The van der Waals surface area contributed by atoms with E-state index in [9.17, 15) is 4.39 Å². The Balaban J connectivity index is 1.20. The maximum atomic E-state index is 15.1. The lowest BCUT2D eigenvalue weighted by Gasteiger charge is -2.34. The van der Waals surface area contributed by atoms with E-state index in [4.69, 9.17) is 16.3 Å². The maximum Gasteiger partial charge on any atom is 0.400 e. The van der Waals surface area contributed by atoms with Crippen LogP contribution < -0.4 is 4.74 Å². The molecule has 1 nitrogen and oxygen atoms in total. The van der Waals surface area contributed by atoms with Gasteiger partial charge in [-0.1, -0.05) is 55.6 Å². The molecule has 2 fully saturated rings. The lowest BCUT2D eigenvalue weighted by Crippen LogP contribution is -2.37. The molecular formula is C32H33ClF4O. The minimum atomic E-state index is -3.44. The van der Waals surface area contributed by atoms with Crippen molar-refractivity contribution in [2.75, 3.05) is 0 Å². The minimum Gasteiger partial charge on any atom is -0.432 e. The second-order valence-electron chi connectivity index (χ2n) is 11.1. The quantitative estimate of drug-likeness (QED) is 0.280. The second-order valence-corrected chi connectivity index (χ2v) is 11.5. The molecule has 0 atom stereocenters. The zero-order chi connectivity index (χ0) is 26.9. The van der Waals surface area contributed by atoms with Gasteiger partial charge in [0.1, 0.15) is 17.4 Å². The summed E-state index contributed by atoms with van der Waals surface area (Å²) in [5.74, 6) is -1.03. The first kappa shape index (κ1) is 27.1. The van der Waals surface area contributed by atoms with Gasteiger partial charge in [-0.2, -0.15) is 8.78 Å². The van der Waals surface area contributed by atoms with E-state index in [2.05, 4.69) is 6.92 Å². The predicted molar refractivity (Wildman–Crippen MR) is 144 cm³/mol. The molecule has 0 amide bonds. The standard InChI is InChI=1S/C32H33ClF4O/c1-20-2-4-21(5-3-20)24-10-16-28(30(34)18-24)22-6-11-25(12-7-22)32(36,37)38-27-15-17-29(31(35)19-27)23-8-13-26(33)14-9-23/h8-10,13-22,25H,2-7,11-12H2,1H3. The van der Waals surface area contributed by atoms with E-state index in [-0.39, 0.29) is 35.9 Å². The van der Waals surface area contributed by atoms with Gasteiger partial charge in [-0.3, -0.25) is 0 Å². The second kappa shape index (κ2) is 11.3. The molecule has 0 aromatic heterocycles.